The van der Waals surface area contributed by atoms with E-state index in [1.807, 2.05) is 0 Å². The topological polar surface area (TPSA) is 21.8 Å². The first-order chi connectivity index (χ1) is 5.58. The Hall–Kier alpha value is -0.0731. The predicted molar refractivity (Wildman–Crippen MR) is 39.1 cm³/mol. The van der Waals surface area contributed by atoms with Crippen molar-refractivity contribution in [1.29, 1.82) is 0 Å². The van der Waals surface area contributed by atoms with Gasteiger partial charge in [0.05, 0.1) is 13.2 Å². The smallest absolute Gasteiger partial charge is 0.379 e. The van der Waals surface area contributed by atoms with E-state index >= 15 is 0 Å². The van der Waals surface area contributed by atoms with Gasteiger partial charge in [0.15, 0.2) is 0 Å². The van der Waals surface area contributed by atoms with Crippen LogP contribution in [0.2, 0.25) is 6.04 Å². The van der Waals surface area contributed by atoms with Gasteiger partial charge in [-0.2, -0.15) is 0 Å². The van der Waals surface area contributed by atoms with E-state index in [1.165, 1.54) is 0 Å². The lowest BCUT2D eigenvalue weighted by Gasteiger charge is -2.02. The molecule has 0 N–H and O–H groups in total. The standard InChI is InChI=1S/C6H11F3O2Si/c7-12(8,9)3-1-2-10-4-6-5-11-6/h6H,1-5H2. The molecule has 0 aliphatic carbocycles. The Morgan fingerprint density at radius 2 is 2.08 bits per heavy atom. The monoisotopic (exact) mass is 200 g/mol. The van der Waals surface area contributed by atoms with Crippen LogP contribution in [0.1, 0.15) is 6.42 Å². The van der Waals surface area contributed by atoms with Crippen LogP contribution in [0.4, 0.5) is 12.3 Å². The first-order valence-corrected chi connectivity index (χ1v) is 5.68. The summed E-state index contributed by atoms with van der Waals surface area (Å²) in [5.41, 5.74) is 0. The van der Waals surface area contributed by atoms with Crippen LogP contribution in [0.5, 0.6) is 0 Å². The quantitative estimate of drug-likeness (QED) is 0.281. The van der Waals surface area contributed by atoms with Gasteiger partial charge < -0.3 is 9.47 Å². The lowest BCUT2D eigenvalue weighted by atomic mass is 10.5. The number of rotatable bonds is 6. The molecular formula is C6H11F3O2Si. The Morgan fingerprint density at radius 1 is 1.42 bits per heavy atom. The highest BCUT2D eigenvalue weighted by atomic mass is 28.5. The highest BCUT2D eigenvalue weighted by Crippen LogP contribution is 2.17. The number of hydrogen-bond acceptors (Lipinski definition) is 2. The number of hydrogen-bond donors (Lipinski definition) is 0. The van der Waals surface area contributed by atoms with Gasteiger partial charge in [0, 0.05) is 12.7 Å². The molecule has 1 unspecified atom stereocenters. The van der Waals surface area contributed by atoms with Crippen molar-refractivity contribution in [3.63, 3.8) is 0 Å². The Labute approximate surface area is 70.2 Å². The summed E-state index contributed by atoms with van der Waals surface area (Å²) in [4.78, 5) is 0. The van der Waals surface area contributed by atoms with Gasteiger partial charge in [-0.3, -0.25) is 0 Å². The second-order valence-corrected chi connectivity index (χ2v) is 4.48. The van der Waals surface area contributed by atoms with Crippen molar-refractivity contribution in [1.82, 2.24) is 0 Å². The molecule has 12 heavy (non-hydrogen) atoms. The number of ether oxygens (including phenoxy) is 2. The van der Waals surface area contributed by atoms with Crippen molar-refractivity contribution in [3.05, 3.63) is 0 Å². The molecule has 1 heterocycles. The molecule has 0 aromatic carbocycles. The minimum Gasteiger partial charge on any atom is -0.379 e. The average Bonchev–Trinajstić information content (AvgIpc) is 2.68. The van der Waals surface area contributed by atoms with E-state index in [4.69, 9.17) is 9.47 Å². The van der Waals surface area contributed by atoms with Gasteiger partial charge >= 0.3 is 9.08 Å². The fourth-order valence-electron chi connectivity index (χ4n) is 0.754. The molecular weight excluding hydrogens is 189 g/mol. The van der Waals surface area contributed by atoms with Crippen molar-refractivity contribution in [2.75, 3.05) is 19.8 Å². The maximum absolute atomic E-state index is 11.7. The third kappa shape index (κ3) is 5.56. The zero-order chi connectivity index (χ0) is 9.03. The summed E-state index contributed by atoms with van der Waals surface area (Å²) in [5, 5.41) is 0. The second-order valence-electron chi connectivity index (χ2n) is 2.75. The second kappa shape index (κ2) is 4.24. The molecule has 1 atom stereocenters. The molecule has 1 aliphatic heterocycles. The summed E-state index contributed by atoms with van der Waals surface area (Å²) in [5.74, 6) is 0. The van der Waals surface area contributed by atoms with Crippen LogP contribution in [0, 0.1) is 0 Å². The van der Waals surface area contributed by atoms with E-state index in [0.717, 1.165) is 0 Å². The van der Waals surface area contributed by atoms with Gasteiger partial charge in [-0.25, -0.2) is 12.3 Å². The van der Waals surface area contributed by atoms with Crippen LogP contribution in [0.25, 0.3) is 0 Å². The van der Waals surface area contributed by atoms with Gasteiger partial charge in [-0.15, -0.1) is 0 Å². The van der Waals surface area contributed by atoms with E-state index < -0.39 is 15.1 Å². The molecule has 0 spiro atoms. The molecule has 6 heteroatoms. The summed E-state index contributed by atoms with van der Waals surface area (Å²) >= 11 is 0. The van der Waals surface area contributed by atoms with E-state index in [9.17, 15) is 12.3 Å². The molecule has 2 nitrogen and oxygen atoms in total. The van der Waals surface area contributed by atoms with E-state index in [1.54, 1.807) is 0 Å². The normalized spacial score (nSPS) is 22.8. The van der Waals surface area contributed by atoms with Crippen molar-refractivity contribution in [2.24, 2.45) is 0 Å². The largest absolute Gasteiger partial charge is 0.616 e. The summed E-state index contributed by atoms with van der Waals surface area (Å²) in [6, 6.07) is -0.626. The number of halogens is 3. The molecule has 72 valence electrons. The highest BCUT2D eigenvalue weighted by Gasteiger charge is 2.35. The summed E-state index contributed by atoms with van der Waals surface area (Å²) < 4.78 is 44.9. The number of epoxide rings is 1. The van der Waals surface area contributed by atoms with Crippen LogP contribution < -0.4 is 0 Å². The maximum Gasteiger partial charge on any atom is 0.616 e. The Balaban J connectivity index is 1.82. The van der Waals surface area contributed by atoms with Gasteiger partial charge in [-0.05, 0) is 6.42 Å². The maximum atomic E-state index is 11.7. The zero-order valence-corrected chi connectivity index (χ0v) is 7.56. The highest BCUT2D eigenvalue weighted by molar-refractivity contribution is 6.58. The van der Waals surface area contributed by atoms with Crippen LogP contribution in [-0.4, -0.2) is 35.0 Å². The molecule has 1 fully saturated rings. The molecule has 1 rings (SSSR count). The minimum atomic E-state index is -5.33. The SMILES string of the molecule is F[Si](F)(F)CCCOCC1CO1. The van der Waals surface area contributed by atoms with Crippen molar-refractivity contribution in [3.8, 4) is 0 Å². The molecule has 0 amide bonds. The lowest BCUT2D eigenvalue weighted by Crippen LogP contribution is -2.15. The van der Waals surface area contributed by atoms with E-state index in [0.29, 0.717) is 13.2 Å². The first-order valence-electron chi connectivity index (χ1n) is 3.84. The van der Waals surface area contributed by atoms with Crippen LogP contribution in [0.15, 0.2) is 0 Å². The van der Waals surface area contributed by atoms with Gasteiger partial charge in [0.25, 0.3) is 0 Å². The molecule has 0 aromatic rings. The summed E-state index contributed by atoms with van der Waals surface area (Å²) in [6.45, 7) is 1.33. The molecule has 0 aromatic heterocycles. The lowest BCUT2D eigenvalue weighted by molar-refractivity contribution is 0.116. The molecule has 0 saturated carbocycles. The third-order valence-corrected chi connectivity index (χ3v) is 2.38. The fraction of sp³-hybridized carbons (Fsp3) is 1.00. The van der Waals surface area contributed by atoms with Crippen LogP contribution in [0.3, 0.4) is 0 Å². The van der Waals surface area contributed by atoms with E-state index in [2.05, 4.69) is 0 Å². The summed E-state index contributed by atoms with van der Waals surface area (Å²) in [6.07, 6.45) is 0.246. The Morgan fingerprint density at radius 3 is 2.58 bits per heavy atom. The molecule has 1 aliphatic rings. The van der Waals surface area contributed by atoms with Crippen LogP contribution in [-0.2, 0) is 9.47 Å². The fourth-order valence-corrected chi connectivity index (χ4v) is 1.30. The zero-order valence-electron chi connectivity index (χ0n) is 6.56. The van der Waals surface area contributed by atoms with Crippen molar-refractivity contribution >= 4 is 9.08 Å². The first kappa shape index (κ1) is 10.0. The van der Waals surface area contributed by atoms with E-state index in [-0.39, 0.29) is 19.1 Å². The molecule has 0 radical (unpaired) electrons. The van der Waals surface area contributed by atoms with Crippen molar-refractivity contribution < 1.29 is 21.8 Å². The predicted octanol–water partition coefficient (Wildman–Crippen LogP) is 1.64. The van der Waals surface area contributed by atoms with Gasteiger partial charge in [-0.1, -0.05) is 0 Å². The summed E-state index contributed by atoms with van der Waals surface area (Å²) in [7, 11) is -5.33. The van der Waals surface area contributed by atoms with Gasteiger partial charge in [0.1, 0.15) is 6.10 Å². The molecule has 0 bridgehead atoms. The average molecular weight is 200 g/mol. The Bertz CT molecular complexity index is 135. The Kier molecular flexibility index (Phi) is 3.54. The van der Waals surface area contributed by atoms with Gasteiger partial charge in [0.2, 0.25) is 0 Å². The third-order valence-electron chi connectivity index (χ3n) is 1.46. The minimum absolute atomic E-state index is 0.0996. The molecule has 1 saturated heterocycles. The van der Waals surface area contributed by atoms with Crippen LogP contribution >= 0.6 is 0 Å². The van der Waals surface area contributed by atoms with Crippen molar-refractivity contribution in [2.45, 2.75) is 18.6 Å².